The van der Waals surface area contributed by atoms with E-state index in [1.165, 1.54) is 18.5 Å². The smallest absolute Gasteiger partial charge is 0.137 e. The Labute approximate surface area is 121 Å². The summed E-state index contributed by atoms with van der Waals surface area (Å²) in [6.45, 7) is 0.531. The highest BCUT2D eigenvalue weighted by molar-refractivity contribution is 5.66. The fourth-order valence-electron chi connectivity index (χ4n) is 2.16. The van der Waals surface area contributed by atoms with Crippen molar-refractivity contribution in [2.24, 2.45) is 0 Å². The standard InChI is InChI=1S/C16H11FN4/c17-16-3-1-14(2-4-16)15-6-12(8-18)5-13(7-15)9-21-11-19-10-20-21/h1-7,10-11H,9H2. The molecule has 3 aromatic rings. The third-order valence-corrected chi connectivity index (χ3v) is 3.11. The number of nitriles is 1. The van der Waals surface area contributed by atoms with Crippen LogP contribution in [0.15, 0.2) is 55.1 Å². The van der Waals surface area contributed by atoms with Gasteiger partial charge < -0.3 is 0 Å². The van der Waals surface area contributed by atoms with Gasteiger partial charge in [0.05, 0.1) is 18.2 Å². The lowest BCUT2D eigenvalue weighted by Crippen LogP contribution is -2.00. The summed E-state index contributed by atoms with van der Waals surface area (Å²) < 4.78 is 14.7. The molecule has 0 bridgehead atoms. The first kappa shape index (κ1) is 13.0. The molecule has 2 aromatic carbocycles. The molecule has 0 fully saturated rings. The summed E-state index contributed by atoms with van der Waals surface area (Å²) in [4.78, 5) is 3.90. The molecule has 0 spiro atoms. The molecule has 0 aliphatic heterocycles. The van der Waals surface area contributed by atoms with E-state index < -0.39 is 0 Å². The average Bonchev–Trinajstić information content (AvgIpc) is 3.00. The molecular formula is C16H11FN4. The lowest BCUT2D eigenvalue weighted by molar-refractivity contribution is 0.628. The van der Waals surface area contributed by atoms with E-state index in [9.17, 15) is 4.39 Å². The van der Waals surface area contributed by atoms with Gasteiger partial charge in [-0.15, -0.1) is 0 Å². The Morgan fingerprint density at radius 3 is 2.57 bits per heavy atom. The molecule has 5 heteroatoms. The van der Waals surface area contributed by atoms with Gasteiger partial charge in [-0.25, -0.2) is 14.1 Å². The van der Waals surface area contributed by atoms with E-state index in [2.05, 4.69) is 16.2 Å². The first-order chi connectivity index (χ1) is 10.2. The van der Waals surface area contributed by atoms with Crippen LogP contribution in [0.4, 0.5) is 4.39 Å². The van der Waals surface area contributed by atoms with Gasteiger partial charge in [-0.05, 0) is 47.0 Å². The molecule has 3 rings (SSSR count). The number of hydrogen-bond donors (Lipinski definition) is 0. The zero-order valence-corrected chi connectivity index (χ0v) is 11.1. The molecule has 0 aliphatic rings. The van der Waals surface area contributed by atoms with Crippen molar-refractivity contribution < 1.29 is 4.39 Å². The predicted molar refractivity (Wildman–Crippen MR) is 75.7 cm³/mol. The zero-order chi connectivity index (χ0) is 14.7. The second-order valence-corrected chi connectivity index (χ2v) is 4.63. The van der Waals surface area contributed by atoms with Gasteiger partial charge in [0.1, 0.15) is 18.5 Å². The van der Waals surface area contributed by atoms with Gasteiger partial charge in [0, 0.05) is 0 Å². The molecule has 0 saturated heterocycles. The van der Waals surface area contributed by atoms with E-state index in [1.807, 2.05) is 12.1 Å². The van der Waals surface area contributed by atoms with Crippen molar-refractivity contribution in [2.75, 3.05) is 0 Å². The maximum absolute atomic E-state index is 13.0. The molecule has 0 N–H and O–H groups in total. The lowest BCUT2D eigenvalue weighted by Gasteiger charge is -2.07. The lowest BCUT2D eigenvalue weighted by atomic mass is 10.00. The number of aromatic nitrogens is 3. The summed E-state index contributed by atoms with van der Waals surface area (Å²) in [7, 11) is 0. The second kappa shape index (κ2) is 5.55. The Morgan fingerprint density at radius 1 is 1.10 bits per heavy atom. The topological polar surface area (TPSA) is 54.5 Å². The Bertz CT molecular complexity index is 786. The van der Waals surface area contributed by atoms with Crippen LogP contribution in [0.25, 0.3) is 11.1 Å². The van der Waals surface area contributed by atoms with Crippen LogP contribution in [-0.2, 0) is 6.54 Å². The Hall–Kier alpha value is -3.00. The first-order valence-electron chi connectivity index (χ1n) is 6.37. The highest BCUT2D eigenvalue weighted by Crippen LogP contribution is 2.23. The quantitative estimate of drug-likeness (QED) is 0.740. The van der Waals surface area contributed by atoms with Crippen LogP contribution < -0.4 is 0 Å². The molecule has 0 atom stereocenters. The van der Waals surface area contributed by atoms with Crippen molar-refractivity contribution >= 4 is 0 Å². The van der Waals surface area contributed by atoms with Crippen LogP contribution in [0.3, 0.4) is 0 Å². The molecule has 0 radical (unpaired) electrons. The number of hydrogen-bond acceptors (Lipinski definition) is 3. The van der Waals surface area contributed by atoms with Crippen LogP contribution in [0.1, 0.15) is 11.1 Å². The molecule has 1 heterocycles. The molecule has 102 valence electrons. The Balaban J connectivity index is 2.01. The van der Waals surface area contributed by atoms with Gasteiger partial charge in [-0.2, -0.15) is 10.4 Å². The summed E-state index contributed by atoms with van der Waals surface area (Å²) in [6, 6.07) is 13.9. The first-order valence-corrected chi connectivity index (χ1v) is 6.37. The van der Waals surface area contributed by atoms with Crippen molar-refractivity contribution in [3.63, 3.8) is 0 Å². The summed E-state index contributed by atoms with van der Waals surface area (Å²) in [5.74, 6) is -0.280. The summed E-state index contributed by atoms with van der Waals surface area (Å²) in [5, 5.41) is 13.2. The van der Waals surface area contributed by atoms with Crippen molar-refractivity contribution in [1.82, 2.24) is 14.8 Å². The number of benzene rings is 2. The zero-order valence-electron chi connectivity index (χ0n) is 11.1. The average molecular weight is 278 g/mol. The fraction of sp³-hybridized carbons (Fsp3) is 0.0625. The van der Waals surface area contributed by atoms with E-state index in [-0.39, 0.29) is 5.82 Å². The number of rotatable bonds is 3. The molecule has 4 nitrogen and oxygen atoms in total. The van der Waals surface area contributed by atoms with Crippen LogP contribution in [0, 0.1) is 17.1 Å². The summed E-state index contributed by atoms with van der Waals surface area (Å²) in [6.07, 6.45) is 3.09. The molecule has 21 heavy (non-hydrogen) atoms. The molecule has 0 unspecified atom stereocenters. The predicted octanol–water partition coefficient (Wildman–Crippen LogP) is 3.00. The number of nitrogens with zero attached hydrogens (tertiary/aromatic N) is 4. The van der Waals surface area contributed by atoms with E-state index in [4.69, 9.17) is 5.26 Å². The van der Waals surface area contributed by atoms with Crippen molar-refractivity contribution in [3.8, 4) is 17.2 Å². The van der Waals surface area contributed by atoms with E-state index in [0.29, 0.717) is 12.1 Å². The van der Waals surface area contributed by atoms with Gasteiger partial charge in [0.2, 0.25) is 0 Å². The summed E-state index contributed by atoms with van der Waals surface area (Å²) in [5.41, 5.74) is 3.25. The largest absolute Gasteiger partial charge is 0.249 e. The summed E-state index contributed by atoms with van der Waals surface area (Å²) >= 11 is 0. The molecule has 0 amide bonds. The third kappa shape index (κ3) is 2.95. The van der Waals surface area contributed by atoms with Crippen molar-refractivity contribution in [2.45, 2.75) is 6.54 Å². The molecule has 0 aliphatic carbocycles. The van der Waals surface area contributed by atoms with Gasteiger partial charge in [0.25, 0.3) is 0 Å². The minimum absolute atomic E-state index is 0.280. The SMILES string of the molecule is N#Cc1cc(Cn2cncn2)cc(-c2ccc(F)cc2)c1. The second-order valence-electron chi connectivity index (χ2n) is 4.63. The van der Waals surface area contributed by atoms with Crippen LogP contribution >= 0.6 is 0 Å². The maximum atomic E-state index is 13.0. The third-order valence-electron chi connectivity index (χ3n) is 3.11. The molecule has 0 saturated carbocycles. The minimum Gasteiger partial charge on any atom is -0.249 e. The van der Waals surface area contributed by atoms with Crippen LogP contribution in [0.5, 0.6) is 0 Å². The molecule has 1 aromatic heterocycles. The normalized spacial score (nSPS) is 10.3. The van der Waals surface area contributed by atoms with Gasteiger partial charge in [-0.1, -0.05) is 12.1 Å². The highest BCUT2D eigenvalue weighted by Gasteiger charge is 2.05. The van der Waals surface area contributed by atoms with Crippen molar-refractivity contribution in [3.05, 3.63) is 72.1 Å². The van der Waals surface area contributed by atoms with E-state index >= 15 is 0 Å². The highest BCUT2D eigenvalue weighted by atomic mass is 19.1. The van der Waals surface area contributed by atoms with E-state index in [0.717, 1.165) is 16.7 Å². The van der Waals surface area contributed by atoms with Gasteiger partial charge >= 0.3 is 0 Å². The molecular weight excluding hydrogens is 267 g/mol. The monoisotopic (exact) mass is 278 g/mol. The van der Waals surface area contributed by atoms with Crippen molar-refractivity contribution in [1.29, 1.82) is 5.26 Å². The maximum Gasteiger partial charge on any atom is 0.137 e. The van der Waals surface area contributed by atoms with Gasteiger partial charge in [-0.3, -0.25) is 0 Å². The number of halogens is 1. The van der Waals surface area contributed by atoms with Crippen LogP contribution in [-0.4, -0.2) is 14.8 Å². The van der Waals surface area contributed by atoms with Crippen LogP contribution in [0.2, 0.25) is 0 Å². The van der Waals surface area contributed by atoms with E-state index in [1.54, 1.807) is 29.2 Å². The minimum atomic E-state index is -0.280. The fourth-order valence-corrected chi connectivity index (χ4v) is 2.16. The Kier molecular flexibility index (Phi) is 3.44. The van der Waals surface area contributed by atoms with Gasteiger partial charge in [0.15, 0.2) is 0 Å². The Morgan fingerprint density at radius 2 is 1.90 bits per heavy atom.